The molecule has 0 aliphatic heterocycles. The number of rotatable bonds is 4. The van der Waals surface area contributed by atoms with E-state index in [0.29, 0.717) is 18.2 Å². The van der Waals surface area contributed by atoms with Gasteiger partial charge in [-0.15, -0.1) is 0 Å². The largest absolute Gasteiger partial charge is 0.307 e. The first-order valence-electron chi connectivity index (χ1n) is 5.78. The fourth-order valence-electron chi connectivity index (χ4n) is 2.13. The lowest BCUT2D eigenvalue weighted by Crippen LogP contribution is -2.31. The number of ketones is 1. The molecule has 1 N–H and O–H groups in total. The maximum absolute atomic E-state index is 12.9. The van der Waals surface area contributed by atoms with Gasteiger partial charge >= 0.3 is 0 Å². The number of benzene rings is 1. The quantitative estimate of drug-likeness (QED) is 0.792. The first kappa shape index (κ1) is 11.3. The van der Waals surface area contributed by atoms with Crippen LogP contribution in [-0.2, 0) is 0 Å². The predicted molar refractivity (Wildman–Crippen MR) is 61.0 cm³/mol. The van der Waals surface area contributed by atoms with E-state index in [2.05, 4.69) is 5.32 Å². The molecule has 0 heterocycles. The van der Waals surface area contributed by atoms with Gasteiger partial charge in [0.05, 0.1) is 6.54 Å². The van der Waals surface area contributed by atoms with Crippen molar-refractivity contribution >= 4 is 5.78 Å². The summed E-state index contributed by atoms with van der Waals surface area (Å²) in [5.74, 6) is -0.391. The molecule has 1 saturated carbocycles. The van der Waals surface area contributed by atoms with Gasteiger partial charge in [-0.25, -0.2) is 4.39 Å². The summed E-state index contributed by atoms with van der Waals surface area (Å²) in [4.78, 5) is 11.7. The van der Waals surface area contributed by atoms with Crippen LogP contribution in [0.2, 0.25) is 0 Å². The van der Waals surface area contributed by atoms with Crippen LogP contribution in [0.1, 0.15) is 36.0 Å². The Balaban J connectivity index is 1.87. The molecule has 1 fully saturated rings. The Labute approximate surface area is 94.9 Å². The summed E-state index contributed by atoms with van der Waals surface area (Å²) < 4.78 is 12.9. The number of nitrogens with one attached hydrogen (secondary N) is 1. The monoisotopic (exact) mass is 221 g/mol. The Morgan fingerprint density at radius 2 is 2.12 bits per heavy atom. The van der Waals surface area contributed by atoms with Gasteiger partial charge in [0.2, 0.25) is 0 Å². The molecule has 86 valence electrons. The molecule has 0 amide bonds. The predicted octanol–water partition coefficient (Wildman–Crippen LogP) is 2.54. The van der Waals surface area contributed by atoms with E-state index in [-0.39, 0.29) is 11.6 Å². The molecule has 16 heavy (non-hydrogen) atoms. The van der Waals surface area contributed by atoms with Gasteiger partial charge < -0.3 is 5.32 Å². The molecule has 1 aromatic rings. The van der Waals surface area contributed by atoms with Crippen LogP contribution in [-0.4, -0.2) is 18.4 Å². The molecule has 2 nitrogen and oxygen atoms in total. The molecule has 0 unspecified atom stereocenters. The third-order valence-corrected chi connectivity index (χ3v) is 3.05. The van der Waals surface area contributed by atoms with Crippen molar-refractivity contribution in [3.63, 3.8) is 0 Å². The van der Waals surface area contributed by atoms with Gasteiger partial charge in [0.15, 0.2) is 5.78 Å². The number of carbonyl (C=O) groups is 1. The first-order valence-corrected chi connectivity index (χ1v) is 5.78. The van der Waals surface area contributed by atoms with Crippen molar-refractivity contribution in [1.82, 2.24) is 5.32 Å². The minimum absolute atomic E-state index is 0.0357. The summed E-state index contributed by atoms with van der Waals surface area (Å²) in [6.07, 6.45) is 4.78. The van der Waals surface area contributed by atoms with E-state index in [1.54, 1.807) is 12.1 Å². The van der Waals surface area contributed by atoms with E-state index in [0.717, 1.165) is 12.8 Å². The number of hydrogen-bond acceptors (Lipinski definition) is 2. The van der Waals surface area contributed by atoms with Crippen LogP contribution in [0.15, 0.2) is 24.3 Å². The summed E-state index contributed by atoms with van der Waals surface area (Å²) in [7, 11) is 0. The van der Waals surface area contributed by atoms with E-state index in [1.807, 2.05) is 0 Å². The first-order chi connectivity index (χ1) is 7.75. The van der Waals surface area contributed by atoms with Crippen molar-refractivity contribution in [2.45, 2.75) is 31.7 Å². The molecule has 2 rings (SSSR count). The fraction of sp³-hybridized carbons (Fsp3) is 0.462. The van der Waals surface area contributed by atoms with Gasteiger partial charge in [0.25, 0.3) is 0 Å². The van der Waals surface area contributed by atoms with Gasteiger partial charge in [-0.1, -0.05) is 25.0 Å². The number of halogens is 1. The molecule has 1 aliphatic carbocycles. The average molecular weight is 221 g/mol. The molecule has 3 heteroatoms. The van der Waals surface area contributed by atoms with Gasteiger partial charge in [-0.2, -0.15) is 0 Å². The smallest absolute Gasteiger partial charge is 0.176 e. The SMILES string of the molecule is O=C(CNC1CCCC1)c1cccc(F)c1. The zero-order chi connectivity index (χ0) is 11.4. The Morgan fingerprint density at radius 3 is 2.81 bits per heavy atom. The van der Waals surface area contributed by atoms with E-state index >= 15 is 0 Å². The second kappa shape index (κ2) is 5.21. The maximum atomic E-state index is 12.9. The highest BCUT2D eigenvalue weighted by Crippen LogP contribution is 2.17. The second-order valence-electron chi connectivity index (χ2n) is 4.30. The van der Waals surface area contributed by atoms with E-state index in [1.165, 1.54) is 25.0 Å². The molecule has 0 radical (unpaired) electrons. The van der Waals surface area contributed by atoms with Crippen LogP contribution in [0.4, 0.5) is 4.39 Å². The third-order valence-electron chi connectivity index (χ3n) is 3.05. The number of hydrogen-bond donors (Lipinski definition) is 1. The van der Waals surface area contributed by atoms with Gasteiger partial charge in [-0.3, -0.25) is 4.79 Å². The highest BCUT2D eigenvalue weighted by molar-refractivity contribution is 5.97. The van der Waals surface area contributed by atoms with Crippen LogP contribution in [0.25, 0.3) is 0 Å². The fourth-order valence-corrected chi connectivity index (χ4v) is 2.13. The highest BCUT2D eigenvalue weighted by atomic mass is 19.1. The Morgan fingerprint density at radius 1 is 1.38 bits per heavy atom. The van der Waals surface area contributed by atoms with Crippen molar-refractivity contribution < 1.29 is 9.18 Å². The zero-order valence-corrected chi connectivity index (χ0v) is 9.21. The maximum Gasteiger partial charge on any atom is 0.176 e. The average Bonchev–Trinajstić information content (AvgIpc) is 2.78. The zero-order valence-electron chi connectivity index (χ0n) is 9.21. The Bertz CT molecular complexity index is 372. The van der Waals surface area contributed by atoms with Gasteiger partial charge in [-0.05, 0) is 25.0 Å². The molecular weight excluding hydrogens is 205 g/mol. The molecule has 0 aromatic heterocycles. The van der Waals surface area contributed by atoms with Crippen LogP contribution in [0.3, 0.4) is 0 Å². The lowest BCUT2D eigenvalue weighted by Gasteiger charge is -2.10. The standard InChI is InChI=1S/C13H16FNO/c14-11-5-3-4-10(8-11)13(16)9-15-12-6-1-2-7-12/h3-5,8,12,15H,1-2,6-7,9H2. The second-order valence-corrected chi connectivity index (χ2v) is 4.30. The van der Waals surface area contributed by atoms with E-state index < -0.39 is 0 Å². The summed E-state index contributed by atoms with van der Waals surface area (Å²) in [6, 6.07) is 6.33. The third kappa shape index (κ3) is 2.89. The highest BCUT2D eigenvalue weighted by Gasteiger charge is 2.15. The van der Waals surface area contributed by atoms with Crippen molar-refractivity contribution in [2.24, 2.45) is 0 Å². The van der Waals surface area contributed by atoms with E-state index in [4.69, 9.17) is 0 Å². The topological polar surface area (TPSA) is 29.1 Å². The lowest BCUT2D eigenvalue weighted by atomic mass is 10.1. The summed E-state index contributed by atoms with van der Waals surface area (Å²) >= 11 is 0. The van der Waals surface area contributed by atoms with Gasteiger partial charge in [0, 0.05) is 11.6 Å². The van der Waals surface area contributed by atoms with Crippen molar-refractivity contribution in [2.75, 3.05) is 6.54 Å². The minimum Gasteiger partial charge on any atom is -0.307 e. The molecular formula is C13H16FNO. The minimum atomic E-state index is -0.355. The van der Waals surface area contributed by atoms with Crippen molar-refractivity contribution in [3.05, 3.63) is 35.6 Å². The normalized spacial score (nSPS) is 16.6. The molecule has 0 bridgehead atoms. The molecule has 1 aliphatic rings. The van der Waals surface area contributed by atoms with Crippen LogP contribution < -0.4 is 5.32 Å². The van der Waals surface area contributed by atoms with Crippen LogP contribution in [0, 0.1) is 5.82 Å². The Kier molecular flexibility index (Phi) is 3.67. The molecule has 0 atom stereocenters. The van der Waals surface area contributed by atoms with Crippen molar-refractivity contribution in [3.8, 4) is 0 Å². The molecule has 1 aromatic carbocycles. The molecule has 0 spiro atoms. The Hall–Kier alpha value is -1.22. The van der Waals surface area contributed by atoms with E-state index in [9.17, 15) is 9.18 Å². The summed E-state index contributed by atoms with van der Waals surface area (Å²) in [5, 5.41) is 3.23. The molecule has 0 saturated heterocycles. The summed E-state index contributed by atoms with van der Waals surface area (Å²) in [5.41, 5.74) is 0.450. The number of Topliss-reactive ketones (excluding diaryl/α,β-unsaturated/α-hetero) is 1. The van der Waals surface area contributed by atoms with Crippen LogP contribution in [0.5, 0.6) is 0 Å². The van der Waals surface area contributed by atoms with Crippen LogP contribution >= 0.6 is 0 Å². The lowest BCUT2D eigenvalue weighted by molar-refractivity contribution is 0.0987. The van der Waals surface area contributed by atoms with Crippen molar-refractivity contribution in [1.29, 1.82) is 0 Å². The van der Waals surface area contributed by atoms with Gasteiger partial charge in [0.1, 0.15) is 5.82 Å². The summed E-state index contributed by atoms with van der Waals surface area (Å²) in [6.45, 7) is 0.314. The number of carbonyl (C=O) groups excluding carboxylic acids is 1.